The molecule has 0 spiro atoms. The zero-order valence-electron chi connectivity index (χ0n) is 11.2. The van der Waals surface area contributed by atoms with Gasteiger partial charge in [-0.15, -0.1) is 11.6 Å². The van der Waals surface area contributed by atoms with Gasteiger partial charge in [0, 0.05) is 15.6 Å². The first-order valence-corrected chi connectivity index (χ1v) is 7.53. The molecule has 2 rings (SSSR count). The van der Waals surface area contributed by atoms with Gasteiger partial charge in [0.15, 0.2) is 0 Å². The monoisotopic (exact) mass is 328 g/mol. The maximum atomic E-state index is 6.49. The quantitative estimate of drug-likeness (QED) is 0.615. The second-order valence-electron chi connectivity index (χ2n) is 4.73. The third kappa shape index (κ3) is 3.60. The number of ether oxygens (including phenoxy) is 1. The summed E-state index contributed by atoms with van der Waals surface area (Å²) in [7, 11) is 0. The summed E-state index contributed by atoms with van der Waals surface area (Å²) in [6.07, 6.45) is 0.144. The summed E-state index contributed by atoms with van der Waals surface area (Å²) in [6, 6.07) is 13.0. The molecule has 0 aromatic heterocycles. The van der Waals surface area contributed by atoms with Crippen LogP contribution in [-0.4, -0.2) is 6.10 Å². The van der Waals surface area contributed by atoms with Crippen molar-refractivity contribution in [2.45, 2.75) is 25.3 Å². The molecule has 0 saturated carbocycles. The van der Waals surface area contributed by atoms with Crippen LogP contribution in [0.5, 0.6) is 5.75 Å². The van der Waals surface area contributed by atoms with E-state index in [0.29, 0.717) is 10.0 Å². The third-order valence-electron chi connectivity index (χ3n) is 2.80. The fourth-order valence-corrected chi connectivity index (χ4v) is 3.01. The summed E-state index contributed by atoms with van der Waals surface area (Å²) in [6.45, 7) is 3.98. The van der Waals surface area contributed by atoms with E-state index in [1.54, 1.807) is 18.2 Å². The number of hydrogen-bond donors (Lipinski definition) is 0. The minimum atomic E-state index is -0.385. The summed E-state index contributed by atoms with van der Waals surface area (Å²) >= 11 is 18.9. The Morgan fingerprint density at radius 2 is 1.45 bits per heavy atom. The van der Waals surface area contributed by atoms with E-state index >= 15 is 0 Å². The average Bonchev–Trinajstić information content (AvgIpc) is 2.38. The van der Waals surface area contributed by atoms with Gasteiger partial charge in [0.25, 0.3) is 0 Å². The van der Waals surface area contributed by atoms with Crippen LogP contribution in [0.4, 0.5) is 0 Å². The molecule has 0 N–H and O–H groups in total. The highest BCUT2D eigenvalue weighted by Gasteiger charge is 2.17. The second kappa shape index (κ2) is 6.71. The number of hydrogen-bond acceptors (Lipinski definition) is 1. The number of halogens is 3. The Labute approximate surface area is 134 Å². The maximum Gasteiger partial charge on any atom is 0.119 e. The highest BCUT2D eigenvalue weighted by atomic mass is 35.5. The topological polar surface area (TPSA) is 9.23 Å². The lowest BCUT2D eigenvalue weighted by atomic mass is 10.0. The highest BCUT2D eigenvalue weighted by Crippen LogP contribution is 2.38. The molecular formula is C16H15Cl3O. The Kier molecular flexibility index (Phi) is 5.20. The molecule has 0 aliphatic heterocycles. The standard InChI is InChI=1S/C16H15Cl3O/c1-10(2)20-12-8-6-11(7-9-12)16(19)15-13(17)4-3-5-14(15)18/h3-10,16H,1-2H3. The van der Waals surface area contributed by atoms with E-state index in [4.69, 9.17) is 39.5 Å². The molecule has 1 nitrogen and oxygen atoms in total. The molecule has 4 heteroatoms. The van der Waals surface area contributed by atoms with Crippen LogP contribution in [0.3, 0.4) is 0 Å². The third-order valence-corrected chi connectivity index (χ3v) is 3.93. The van der Waals surface area contributed by atoms with Crippen LogP contribution in [0.15, 0.2) is 42.5 Å². The van der Waals surface area contributed by atoms with Crippen LogP contribution in [0, 0.1) is 0 Å². The lowest BCUT2D eigenvalue weighted by Gasteiger charge is -2.15. The summed E-state index contributed by atoms with van der Waals surface area (Å²) < 4.78 is 5.61. The lowest BCUT2D eigenvalue weighted by Crippen LogP contribution is -2.05. The molecule has 0 aliphatic rings. The zero-order chi connectivity index (χ0) is 14.7. The van der Waals surface area contributed by atoms with Gasteiger partial charge in [-0.1, -0.05) is 41.4 Å². The van der Waals surface area contributed by atoms with E-state index in [2.05, 4.69) is 0 Å². The van der Waals surface area contributed by atoms with E-state index in [1.165, 1.54) is 0 Å². The van der Waals surface area contributed by atoms with Crippen LogP contribution < -0.4 is 4.74 Å². The molecule has 2 aromatic carbocycles. The van der Waals surface area contributed by atoms with Gasteiger partial charge in [-0.25, -0.2) is 0 Å². The van der Waals surface area contributed by atoms with Crippen molar-refractivity contribution >= 4 is 34.8 Å². The predicted octanol–water partition coefficient (Wildman–Crippen LogP) is 6.11. The van der Waals surface area contributed by atoms with Gasteiger partial charge in [0.2, 0.25) is 0 Å². The van der Waals surface area contributed by atoms with Gasteiger partial charge < -0.3 is 4.74 Å². The van der Waals surface area contributed by atoms with Crippen molar-refractivity contribution in [3.05, 3.63) is 63.6 Å². The normalized spacial score (nSPS) is 12.5. The Bertz CT molecular complexity index is 559. The van der Waals surface area contributed by atoms with Gasteiger partial charge in [-0.05, 0) is 43.7 Å². The number of benzene rings is 2. The van der Waals surface area contributed by atoms with Crippen LogP contribution in [0.2, 0.25) is 10.0 Å². The van der Waals surface area contributed by atoms with Crippen molar-refractivity contribution in [3.8, 4) is 5.75 Å². The Balaban J connectivity index is 2.27. The average molecular weight is 330 g/mol. The van der Waals surface area contributed by atoms with Crippen LogP contribution >= 0.6 is 34.8 Å². The molecule has 0 heterocycles. The molecule has 0 amide bonds. The molecule has 0 fully saturated rings. The van der Waals surface area contributed by atoms with Crippen molar-refractivity contribution < 1.29 is 4.74 Å². The van der Waals surface area contributed by atoms with Gasteiger partial charge in [0.1, 0.15) is 5.75 Å². The van der Waals surface area contributed by atoms with E-state index < -0.39 is 0 Å². The molecule has 0 saturated heterocycles. The first kappa shape index (κ1) is 15.5. The first-order valence-electron chi connectivity index (χ1n) is 6.33. The fourth-order valence-electron chi connectivity index (χ4n) is 1.91. The molecule has 106 valence electrons. The van der Waals surface area contributed by atoms with Crippen molar-refractivity contribution in [1.29, 1.82) is 0 Å². The molecule has 1 unspecified atom stereocenters. The van der Waals surface area contributed by atoms with Gasteiger partial charge in [0.05, 0.1) is 11.5 Å². The molecule has 2 aromatic rings. The number of alkyl halides is 1. The Hall–Kier alpha value is -0.890. The van der Waals surface area contributed by atoms with Crippen molar-refractivity contribution in [2.75, 3.05) is 0 Å². The lowest BCUT2D eigenvalue weighted by molar-refractivity contribution is 0.242. The molecule has 0 radical (unpaired) electrons. The van der Waals surface area contributed by atoms with E-state index in [0.717, 1.165) is 16.9 Å². The Morgan fingerprint density at radius 1 is 0.900 bits per heavy atom. The summed E-state index contributed by atoms with van der Waals surface area (Å²) in [5, 5.41) is 0.754. The van der Waals surface area contributed by atoms with Crippen LogP contribution in [0.25, 0.3) is 0 Å². The van der Waals surface area contributed by atoms with Crippen molar-refractivity contribution in [2.24, 2.45) is 0 Å². The minimum absolute atomic E-state index is 0.144. The molecule has 0 aliphatic carbocycles. The number of rotatable bonds is 4. The second-order valence-corrected chi connectivity index (χ2v) is 5.98. The maximum absolute atomic E-state index is 6.49. The van der Waals surface area contributed by atoms with E-state index in [9.17, 15) is 0 Å². The summed E-state index contributed by atoms with van der Waals surface area (Å²) in [5.41, 5.74) is 1.66. The molecule has 20 heavy (non-hydrogen) atoms. The predicted molar refractivity (Wildman–Crippen MR) is 86.4 cm³/mol. The van der Waals surface area contributed by atoms with Gasteiger partial charge in [-0.3, -0.25) is 0 Å². The largest absolute Gasteiger partial charge is 0.491 e. The van der Waals surface area contributed by atoms with Gasteiger partial charge in [-0.2, -0.15) is 0 Å². The highest BCUT2D eigenvalue weighted by molar-refractivity contribution is 6.38. The fraction of sp³-hybridized carbons (Fsp3) is 0.250. The van der Waals surface area contributed by atoms with Crippen molar-refractivity contribution in [3.63, 3.8) is 0 Å². The van der Waals surface area contributed by atoms with Crippen LogP contribution in [-0.2, 0) is 0 Å². The zero-order valence-corrected chi connectivity index (χ0v) is 13.5. The van der Waals surface area contributed by atoms with Gasteiger partial charge >= 0.3 is 0 Å². The Morgan fingerprint density at radius 3 is 1.95 bits per heavy atom. The summed E-state index contributed by atoms with van der Waals surface area (Å²) in [4.78, 5) is 0. The van der Waals surface area contributed by atoms with E-state index in [-0.39, 0.29) is 11.5 Å². The SMILES string of the molecule is CC(C)Oc1ccc(C(Cl)c2c(Cl)cccc2Cl)cc1. The van der Waals surface area contributed by atoms with E-state index in [1.807, 2.05) is 38.1 Å². The van der Waals surface area contributed by atoms with Crippen LogP contribution in [0.1, 0.15) is 30.4 Å². The smallest absolute Gasteiger partial charge is 0.119 e. The molecule has 0 bridgehead atoms. The minimum Gasteiger partial charge on any atom is -0.491 e. The summed E-state index contributed by atoms with van der Waals surface area (Å²) in [5.74, 6) is 0.817. The van der Waals surface area contributed by atoms with Crippen molar-refractivity contribution in [1.82, 2.24) is 0 Å². The first-order chi connectivity index (χ1) is 9.49. The molecular weight excluding hydrogens is 315 g/mol. The molecule has 1 atom stereocenters.